The van der Waals surface area contributed by atoms with E-state index in [2.05, 4.69) is 20.5 Å². The average Bonchev–Trinajstić information content (AvgIpc) is 2.78. The van der Waals surface area contributed by atoms with E-state index in [1.165, 1.54) is 11.8 Å². The molecule has 17 heavy (non-hydrogen) atoms. The Hall–Kier alpha value is -2.02. The summed E-state index contributed by atoms with van der Waals surface area (Å²) >= 11 is 1.38. The number of H-pyrrole nitrogens is 1. The SMILES string of the molecule is CSc1n[nH]c(NC(=O)Oc2ccccc2)n1. The van der Waals surface area contributed by atoms with E-state index in [9.17, 15) is 4.79 Å². The topological polar surface area (TPSA) is 79.9 Å². The highest BCUT2D eigenvalue weighted by Crippen LogP contribution is 2.11. The molecule has 1 heterocycles. The quantitative estimate of drug-likeness (QED) is 0.816. The molecule has 2 N–H and O–H groups in total. The maximum atomic E-state index is 11.5. The van der Waals surface area contributed by atoms with Gasteiger partial charge in [0, 0.05) is 0 Å². The lowest BCUT2D eigenvalue weighted by atomic mass is 10.3. The lowest BCUT2D eigenvalue weighted by Crippen LogP contribution is -2.17. The lowest BCUT2D eigenvalue weighted by molar-refractivity contribution is 0.215. The molecule has 1 aromatic carbocycles. The maximum Gasteiger partial charge on any atom is 0.419 e. The van der Waals surface area contributed by atoms with E-state index in [1.807, 2.05) is 12.3 Å². The van der Waals surface area contributed by atoms with Gasteiger partial charge in [-0.05, 0) is 18.4 Å². The zero-order valence-electron chi connectivity index (χ0n) is 9.01. The van der Waals surface area contributed by atoms with Crippen molar-refractivity contribution >= 4 is 23.8 Å². The summed E-state index contributed by atoms with van der Waals surface area (Å²) in [6, 6.07) is 8.78. The molecule has 0 bridgehead atoms. The highest BCUT2D eigenvalue weighted by Gasteiger charge is 2.08. The molecule has 7 heteroatoms. The second kappa shape index (κ2) is 5.35. The van der Waals surface area contributed by atoms with Crippen LogP contribution in [0.25, 0.3) is 0 Å². The van der Waals surface area contributed by atoms with Gasteiger partial charge in [0.05, 0.1) is 0 Å². The fourth-order valence-corrected chi connectivity index (χ4v) is 1.43. The van der Waals surface area contributed by atoms with E-state index in [0.29, 0.717) is 10.9 Å². The van der Waals surface area contributed by atoms with Gasteiger partial charge in [-0.15, -0.1) is 5.10 Å². The van der Waals surface area contributed by atoms with Crippen LogP contribution >= 0.6 is 11.8 Å². The molecule has 0 saturated carbocycles. The van der Waals surface area contributed by atoms with Crippen LogP contribution in [0.4, 0.5) is 10.7 Å². The molecule has 0 unspecified atom stereocenters. The summed E-state index contributed by atoms with van der Waals surface area (Å²) in [5, 5.41) is 9.43. The van der Waals surface area contributed by atoms with Crippen molar-refractivity contribution in [2.75, 3.05) is 11.6 Å². The number of carbonyl (C=O) groups excluding carboxylic acids is 1. The average molecular weight is 250 g/mol. The molecular formula is C10H10N4O2S. The molecule has 88 valence electrons. The number of thioether (sulfide) groups is 1. The van der Waals surface area contributed by atoms with Gasteiger partial charge in [0.15, 0.2) is 0 Å². The summed E-state index contributed by atoms with van der Waals surface area (Å²) in [7, 11) is 0. The van der Waals surface area contributed by atoms with Crippen LogP contribution in [0.1, 0.15) is 0 Å². The van der Waals surface area contributed by atoms with Crippen molar-refractivity contribution in [1.29, 1.82) is 0 Å². The molecule has 0 spiro atoms. The maximum absolute atomic E-state index is 11.5. The third-order valence-electron chi connectivity index (χ3n) is 1.82. The van der Waals surface area contributed by atoms with E-state index >= 15 is 0 Å². The number of benzene rings is 1. The minimum absolute atomic E-state index is 0.260. The van der Waals surface area contributed by atoms with Crippen molar-refractivity contribution in [2.24, 2.45) is 0 Å². The zero-order valence-corrected chi connectivity index (χ0v) is 9.82. The van der Waals surface area contributed by atoms with E-state index in [1.54, 1.807) is 24.3 Å². The highest BCUT2D eigenvalue weighted by molar-refractivity contribution is 7.98. The molecule has 0 fully saturated rings. The number of ether oxygens (including phenoxy) is 1. The Morgan fingerprint density at radius 3 is 2.82 bits per heavy atom. The van der Waals surface area contributed by atoms with Gasteiger partial charge >= 0.3 is 6.09 Å². The van der Waals surface area contributed by atoms with Crippen LogP contribution in [0, 0.1) is 0 Å². The Balaban J connectivity index is 1.93. The van der Waals surface area contributed by atoms with Gasteiger partial charge in [-0.1, -0.05) is 30.0 Å². The Morgan fingerprint density at radius 2 is 2.18 bits per heavy atom. The van der Waals surface area contributed by atoms with E-state index in [-0.39, 0.29) is 5.95 Å². The summed E-state index contributed by atoms with van der Waals surface area (Å²) in [6.07, 6.45) is 1.23. The van der Waals surface area contributed by atoms with Crippen LogP contribution in [0.2, 0.25) is 0 Å². The van der Waals surface area contributed by atoms with Gasteiger partial charge in [-0.2, -0.15) is 4.98 Å². The predicted molar refractivity (Wildman–Crippen MR) is 64.3 cm³/mol. The number of hydrogen-bond donors (Lipinski definition) is 2. The van der Waals surface area contributed by atoms with Crippen LogP contribution in [-0.2, 0) is 0 Å². The summed E-state index contributed by atoms with van der Waals surface area (Å²) in [6.45, 7) is 0. The lowest BCUT2D eigenvalue weighted by Gasteiger charge is -2.02. The first kappa shape index (κ1) is 11.5. The largest absolute Gasteiger partial charge is 0.419 e. The number of rotatable bonds is 3. The van der Waals surface area contributed by atoms with Crippen molar-refractivity contribution in [1.82, 2.24) is 15.2 Å². The van der Waals surface area contributed by atoms with Gasteiger partial charge in [-0.25, -0.2) is 9.89 Å². The van der Waals surface area contributed by atoms with Gasteiger partial charge in [0.2, 0.25) is 11.1 Å². The van der Waals surface area contributed by atoms with E-state index in [0.717, 1.165) is 0 Å². The van der Waals surface area contributed by atoms with Gasteiger partial charge in [0.1, 0.15) is 5.75 Å². The van der Waals surface area contributed by atoms with Crippen molar-refractivity contribution in [3.63, 3.8) is 0 Å². The van der Waals surface area contributed by atoms with Crippen LogP contribution in [0.3, 0.4) is 0 Å². The Bertz CT molecular complexity index is 500. The zero-order chi connectivity index (χ0) is 12.1. The molecule has 1 aromatic heterocycles. The molecule has 0 radical (unpaired) electrons. The summed E-state index contributed by atoms with van der Waals surface area (Å²) in [5.74, 6) is 0.727. The number of nitrogens with one attached hydrogen (secondary N) is 2. The standard InChI is InChI=1S/C10H10N4O2S/c1-17-9-11-8(13-14-9)12-10(15)16-7-5-3-2-4-6-7/h2-6H,1H3,(H2,11,12,13,14,15). The molecule has 1 amide bonds. The molecule has 0 saturated heterocycles. The Kier molecular flexibility index (Phi) is 3.61. The molecular weight excluding hydrogens is 240 g/mol. The van der Waals surface area contributed by atoms with Gasteiger partial charge in [0.25, 0.3) is 0 Å². The van der Waals surface area contributed by atoms with Crippen molar-refractivity contribution < 1.29 is 9.53 Å². The highest BCUT2D eigenvalue weighted by atomic mass is 32.2. The van der Waals surface area contributed by atoms with Crippen LogP contribution in [0.5, 0.6) is 5.75 Å². The first-order chi connectivity index (χ1) is 8.28. The predicted octanol–water partition coefficient (Wildman–Crippen LogP) is 2.14. The number of aromatic amines is 1. The fraction of sp³-hybridized carbons (Fsp3) is 0.100. The number of para-hydroxylation sites is 1. The van der Waals surface area contributed by atoms with Gasteiger partial charge < -0.3 is 4.74 Å². The first-order valence-electron chi connectivity index (χ1n) is 4.78. The third-order valence-corrected chi connectivity index (χ3v) is 2.37. The molecule has 0 atom stereocenters. The number of amides is 1. The van der Waals surface area contributed by atoms with E-state index < -0.39 is 6.09 Å². The number of carbonyl (C=O) groups is 1. The molecule has 0 aliphatic heterocycles. The van der Waals surface area contributed by atoms with Crippen molar-refractivity contribution in [2.45, 2.75) is 5.16 Å². The second-order valence-electron chi connectivity index (χ2n) is 3.00. The van der Waals surface area contributed by atoms with Crippen LogP contribution in [0.15, 0.2) is 35.5 Å². The third kappa shape index (κ3) is 3.22. The normalized spacial score (nSPS) is 9.94. The van der Waals surface area contributed by atoms with Crippen LogP contribution < -0.4 is 10.1 Å². The monoisotopic (exact) mass is 250 g/mol. The summed E-state index contributed by atoms with van der Waals surface area (Å²) < 4.78 is 5.02. The number of anilines is 1. The molecule has 6 nitrogen and oxygen atoms in total. The smallest absolute Gasteiger partial charge is 0.410 e. The Morgan fingerprint density at radius 1 is 1.41 bits per heavy atom. The molecule has 2 aromatic rings. The second-order valence-corrected chi connectivity index (χ2v) is 3.77. The summed E-state index contributed by atoms with van der Waals surface area (Å²) in [5.41, 5.74) is 0. The minimum Gasteiger partial charge on any atom is -0.410 e. The van der Waals surface area contributed by atoms with E-state index in [4.69, 9.17) is 4.74 Å². The fourth-order valence-electron chi connectivity index (χ4n) is 1.11. The summed E-state index contributed by atoms with van der Waals surface area (Å²) in [4.78, 5) is 15.4. The van der Waals surface area contributed by atoms with Crippen LogP contribution in [-0.4, -0.2) is 27.5 Å². The van der Waals surface area contributed by atoms with Crippen molar-refractivity contribution in [3.05, 3.63) is 30.3 Å². The number of hydrogen-bond acceptors (Lipinski definition) is 5. The molecule has 0 aliphatic carbocycles. The molecule has 0 aliphatic rings. The van der Waals surface area contributed by atoms with Gasteiger partial charge in [-0.3, -0.25) is 5.32 Å². The minimum atomic E-state index is -0.611. The first-order valence-corrected chi connectivity index (χ1v) is 6.00. The number of aromatic nitrogens is 3. The Labute approximate surface area is 102 Å². The number of nitrogens with zero attached hydrogens (tertiary/aromatic N) is 2. The molecule has 2 rings (SSSR count). The van der Waals surface area contributed by atoms with Crippen molar-refractivity contribution in [3.8, 4) is 5.75 Å².